The van der Waals surface area contributed by atoms with Gasteiger partial charge in [0.1, 0.15) is 6.10 Å². The fourth-order valence-corrected chi connectivity index (χ4v) is 5.81. The summed E-state index contributed by atoms with van der Waals surface area (Å²) in [6.07, 6.45) is -2.98. The van der Waals surface area contributed by atoms with Crippen LogP contribution >= 0.6 is 7.60 Å². The molecule has 20 nitrogen and oxygen atoms in total. The zero-order chi connectivity index (χ0) is 45.2. The Kier molecular flexibility index (Phi) is 26.2. The molecule has 4 N–H and O–H groups in total. The third kappa shape index (κ3) is 21.7. The van der Waals surface area contributed by atoms with Crippen LogP contribution in [0.5, 0.6) is 5.75 Å². The Bertz CT molecular complexity index is 1590. The summed E-state index contributed by atoms with van der Waals surface area (Å²) in [5.74, 6) is -14.2. The molecule has 1 aliphatic rings. The predicted octanol–water partition coefficient (Wildman–Crippen LogP) is 1.07. The van der Waals surface area contributed by atoms with Crippen molar-refractivity contribution in [1.82, 2.24) is 15.0 Å². The van der Waals surface area contributed by atoms with Crippen molar-refractivity contribution in [3.63, 3.8) is 0 Å². The second-order valence-electron chi connectivity index (χ2n) is 13.2. The van der Waals surface area contributed by atoms with E-state index in [9.17, 15) is 41.5 Å². The molecule has 4 atom stereocenters. The molecule has 1 fully saturated rings. The third-order valence-corrected chi connectivity index (χ3v) is 9.22. The molecule has 3 rings (SSSR count). The summed E-state index contributed by atoms with van der Waals surface area (Å²) in [5, 5.41) is 28.4. The number of rotatable bonds is 35. The Morgan fingerprint density at radius 1 is 0.694 bits per heavy atom. The van der Waals surface area contributed by atoms with Crippen LogP contribution in [0.4, 0.5) is 22.0 Å². The molecule has 2 aromatic rings. The van der Waals surface area contributed by atoms with Gasteiger partial charge in [0.2, 0.25) is 34.8 Å². The first-order chi connectivity index (χ1) is 29.8. The van der Waals surface area contributed by atoms with E-state index in [0.717, 1.165) is 0 Å². The van der Waals surface area contributed by atoms with E-state index in [1.165, 1.54) is 0 Å². The zero-order valence-corrected chi connectivity index (χ0v) is 34.8. The van der Waals surface area contributed by atoms with Gasteiger partial charge in [0, 0.05) is 19.0 Å². The average Bonchev–Trinajstić information content (AvgIpc) is 3.70. The number of ether oxygens (including phenoxy) is 11. The van der Waals surface area contributed by atoms with Crippen LogP contribution in [0, 0.1) is 29.1 Å². The molecule has 356 valence electrons. The van der Waals surface area contributed by atoms with E-state index in [-0.39, 0.29) is 52.5 Å². The number of hydrogen-bond acceptors (Lipinski definition) is 17. The number of carbonyl (C=O) groups excluding carboxylic acids is 1. The van der Waals surface area contributed by atoms with Crippen LogP contribution in [0.2, 0.25) is 0 Å². The van der Waals surface area contributed by atoms with Crippen LogP contribution in [0.1, 0.15) is 25.0 Å². The van der Waals surface area contributed by atoms with Gasteiger partial charge in [-0.15, -0.1) is 5.10 Å². The summed E-state index contributed by atoms with van der Waals surface area (Å²) in [6, 6.07) is 0. The Morgan fingerprint density at radius 3 is 1.63 bits per heavy atom. The molecule has 2 heterocycles. The maximum atomic E-state index is 13.6. The lowest BCUT2D eigenvalue weighted by Gasteiger charge is -2.37. The molecule has 0 unspecified atom stereocenters. The van der Waals surface area contributed by atoms with Crippen LogP contribution in [-0.2, 0) is 69.7 Å². The van der Waals surface area contributed by atoms with Crippen LogP contribution in [-0.4, -0.2) is 184 Å². The first-order valence-electron chi connectivity index (χ1n) is 19.7. The van der Waals surface area contributed by atoms with E-state index in [4.69, 9.17) is 57.2 Å². The van der Waals surface area contributed by atoms with Gasteiger partial charge in [-0.2, -0.15) is 8.78 Å². The first kappa shape index (κ1) is 53.5. The van der Waals surface area contributed by atoms with Crippen LogP contribution < -0.4 is 4.74 Å². The van der Waals surface area contributed by atoms with Crippen LogP contribution in [0.25, 0.3) is 0 Å². The zero-order valence-electron chi connectivity index (χ0n) is 33.9. The maximum absolute atomic E-state index is 13.6. The van der Waals surface area contributed by atoms with Crippen molar-refractivity contribution in [1.29, 1.82) is 0 Å². The monoisotopic (exact) mass is 927 g/mol. The lowest BCUT2D eigenvalue weighted by atomic mass is 10.0. The number of benzene rings is 1. The largest absolute Gasteiger partial charge is 0.420 e. The van der Waals surface area contributed by atoms with Gasteiger partial charge >= 0.3 is 13.6 Å². The molecule has 0 aliphatic carbocycles. The predicted molar refractivity (Wildman–Crippen MR) is 200 cm³/mol. The Morgan fingerprint density at radius 2 is 1.15 bits per heavy atom. The lowest BCUT2D eigenvalue weighted by molar-refractivity contribution is -0.266. The molecule has 1 saturated heterocycles. The molecular weight excluding hydrogens is 872 g/mol. The maximum Gasteiger partial charge on any atom is 0.325 e. The third-order valence-electron chi connectivity index (χ3n) is 8.38. The lowest BCUT2D eigenvalue weighted by Crippen LogP contribution is -2.49. The average molecular weight is 928 g/mol. The van der Waals surface area contributed by atoms with Gasteiger partial charge in [-0.05, 0) is 6.42 Å². The van der Waals surface area contributed by atoms with Gasteiger partial charge in [0.15, 0.2) is 6.29 Å². The van der Waals surface area contributed by atoms with Crippen molar-refractivity contribution in [2.24, 2.45) is 0 Å². The molecule has 0 bridgehead atoms. The Balaban J connectivity index is 1.01. The van der Waals surface area contributed by atoms with E-state index < -0.39 is 85.6 Å². The number of aliphatic hydroxyl groups is 2. The van der Waals surface area contributed by atoms with Crippen molar-refractivity contribution in [2.45, 2.75) is 56.8 Å². The van der Waals surface area contributed by atoms with E-state index in [0.29, 0.717) is 91.3 Å². The van der Waals surface area contributed by atoms with Gasteiger partial charge < -0.3 is 72.1 Å². The molecule has 26 heteroatoms. The van der Waals surface area contributed by atoms with Gasteiger partial charge in [-0.1, -0.05) is 5.21 Å². The highest BCUT2D eigenvalue weighted by atomic mass is 31.2. The van der Waals surface area contributed by atoms with Gasteiger partial charge in [0.25, 0.3) is 0 Å². The Hall–Kier alpha value is -2.85. The molecule has 62 heavy (non-hydrogen) atoms. The Labute approximate surface area is 353 Å². The summed E-state index contributed by atoms with van der Waals surface area (Å²) in [5.41, 5.74) is 0.628. The van der Waals surface area contributed by atoms with E-state index in [1.54, 1.807) is 10.9 Å². The molecule has 0 spiro atoms. The number of hydrogen-bond donors (Lipinski definition) is 4. The summed E-state index contributed by atoms with van der Waals surface area (Å²) < 4.78 is 138. The highest BCUT2D eigenvalue weighted by Crippen LogP contribution is 2.37. The van der Waals surface area contributed by atoms with Gasteiger partial charge in [-0.25, -0.2) is 17.9 Å². The number of nitrogens with zero attached hydrogens (tertiary/aromatic N) is 3. The van der Waals surface area contributed by atoms with Crippen molar-refractivity contribution >= 4 is 13.6 Å². The normalized spacial score (nSPS) is 18.1. The minimum absolute atomic E-state index is 0.0221. The standard InChI is InChI=1S/C36H55F5N3O17P/c37-29-30(38)32(40)35(33(41)31(29)39)61-28(46)2-5-51-8-10-53-12-14-55-16-18-57-20-21-58-19-17-56-15-13-54-11-9-52-7-4-44-24-25(42-43-44)1-6-59-36-34(47)27(45)23-26(60-36)3-22-62(48,49)50/h24,26-27,34,36,45,47H,1-23H2,(H2,48,49,50)/t26-,27+,34+,36+/m1/s1. The van der Waals surface area contributed by atoms with Gasteiger partial charge in [0.05, 0.1) is 149 Å². The van der Waals surface area contributed by atoms with Gasteiger partial charge in [-0.3, -0.25) is 9.36 Å². The van der Waals surface area contributed by atoms with Crippen LogP contribution in [0.15, 0.2) is 6.20 Å². The molecule has 0 radical (unpaired) electrons. The molecule has 0 saturated carbocycles. The molecule has 1 aromatic carbocycles. The molecule has 1 aromatic heterocycles. The minimum atomic E-state index is -4.22. The van der Waals surface area contributed by atoms with E-state index >= 15 is 0 Å². The number of carbonyl (C=O) groups is 1. The minimum Gasteiger partial charge on any atom is -0.420 e. The second-order valence-corrected chi connectivity index (χ2v) is 15.0. The van der Waals surface area contributed by atoms with E-state index in [2.05, 4.69) is 15.0 Å². The van der Waals surface area contributed by atoms with Crippen molar-refractivity contribution < 1.29 is 103 Å². The van der Waals surface area contributed by atoms with Crippen LogP contribution in [0.3, 0.4) is 0 Å². The van der Waals surface area contributed by atoms with E-state index in [1.807, 2.05) is 0 Å². The molecule has 1 aliphatic heterocycles. The van der Waals surface area contributed by atoms with Crippen molar-refractivity contribution in [3.05, 3.63) is 41.0 Å². The number of aromatic nitrogens is 3. The van der Waals surface area contributed by atoms with Crippen molar-refractivity contribution in [2.75, 3.05) is 118 Å². The quantitative estimate of drug-likeness (QED) is 0.0144. The smallest absolute Gasteiger partial charge is 0.325 e. The SMILES string of the molecule is O=C(CCOCCOCCOCCOCCOCCOCCOCCOCCn1cc(CCO[C@H]2O[C@H](CCP(=O)(O)O)C[C@H](O)[C@@H]2O)nn1)Oc1c(F)c(F)c(F)c(F)c1F. The second kappa shape index (κ2) is 30.3. The number of esters is 1. The summed E-state index contributed by atoms with van der Waals surface area (Å²) in [6.45, 7) is 5.16. The summed E-state index contributed by atoms with van der Waals surface area (Å²) in [7, 11) is -4.22. The summed E-state index contributed by atoms with van der Waals surface area (Å²) in [4.78, 5) is 29.8. The number of halogens is 5. The van der Waals surface area contributed by atoms with Crippen molar-refractivity contribution in [3.8, 4) is 5.75 Å². The summed E-state index contributed by atoms with van der Waals surface area (Å²) >= 11 is 0. The fourth-order valence-electron chi connectivity index (χ4n) is 5.19. The first-order valence-corrected chi connectivity index (χ1v) is 21.5. The highest BCUT2D eigenvalue weighted by Gasteiger charge is 2.38. The topological polar surface area (TPSA) is 247 Å². The highest BCUT2D eigenvalue weighted by molar-refractivity contribution is 7.51. The molecular formula is C36H55F5N3O17P. The number of aliphatic hydroxyl groups excluding tert-OH is 2. The molecule has 0 amide bonds. The fraction of sp³-hybridized carbons (Fsp3) is 0.750.